The number of pyridine rings is 1. The van der Waals surface area contributed by atoms with Crippen LogP contribution in [0.2, 0.25) is 5.02 Å². The molecule has 1 aliphatic rings. The normalized spacial score (nSPS) is 14.1. The summed E-state index contributed by atoms with van der Waals surface area (Å²) in [6, 6.07) is 5.86. The number of aromatic nitrogens is 5. The predicted molar refractivity (Wildman–Crippen MR) is 165 cm³/mol. The number of hydrogen-bond acceptors (Lipinski definition) is 9. The number of piperazine rings is 1. The standard InChI is InChI=1S/C29H28ClF3N10O5/c1-40-21(18-14-43(39-24(18)29(31,32)33)22-5-2-15(34)12-36-22)13-37-25(40)26(46)38-16-3-4-17(19(30)10-16)27(47)41-6-8-42(9-7-41)28(48)20(35)11-23(44)45/h2-5,10,12-14,20H,6-9,11,34-35H2,1H3,(H,38,46)(H,44,45)/t20-/m0/s1. The largest absolute Gasteiger partial charge is 0.481 e. The fourth-order valence-corrected chi connectivity index (χ4v) is 5.32. The first-order chi connectivity index (χ1) is 22.6. The Hall–Kier alpha value is -5.49. The van der Waals surface area contributed by atoms with Crippen LogP contribution in [0.4, 0.5) is 24.5 Å². The average molecular weight is 689 g/mol. The van der Waals surface area contributed by atoms with E-state index in [0.29, 0.717) is 5.69 Å². The number of nitrogens with two attached hydrogens (primary N) is 2. The second-order valence-electron chi connectivity index (χ2n) is 10.8. The van der Waals surface area contributed by atoms with Gasteiger partial charge in [-0.15, -0.1) is 0 Å². The Balaban J connectivity index is 1.28. The number of rotatable bonds is 8. The highest BCUT2D eigenvalue weighted by molar-refractivity contribution is 6.34. The maximum atomic E-state index is 14.0. The highest BCUT2D eigenvalue weighted by Gasteiger charge is 2.39. The van der Waals surface area contributed by atoms with Crippen LogP contribution in [0.5, 0.6) is 0 Å². The number of carboxylic acids is 1. The molecule has 4 aromatic rings. The van der Waals surface area contributed by atoms with Crippen LogP contribution >= 0.6 is 11.6 Å². The number of nitrogens with one attached hydrogen (secondary N) is 1. The number of imidazole rings is 1. The number of nitrogens with zero attached hydrogens (tertiary/aromatic N) is 7. The van der Waals surface area contributed by atoms with Crippen LogP contribution in [0.1, 0.15) is 33.1 Å². The van der Waals surface area contributed by atoms with Gasteiger partial charge < -0.3 is 36.3 Å². The van der Waals surface area contributed by atoms with Gasteiger partial charge >= 0.3 is 12.1 Å². The molecule has 4 heterocycles. The van der Waals surface area contributed by atoms with Crippen LogP contribution in [0.3, 0.4) is 0 Å². The van der Waals surface area contributed by atoms with Gasteiger partial charge in [-0.25, -0.2) is 14.6 Å². The van der Waals surface area contributed by atoms with Gasteiger partial charge in [0.25, 0.3) is 11.8 Å². The van der Waals surface area contributed by atoms with Crippen molar-refractivity contribution in [1.82, 2.24) is 34.1 Å². The molecular weight excluding hydrogens is 661 g/mol. The fraction of sp³-hybridized carbons (Fsp3) is 0.276. The van der Waals surface area contributed by atoms with Crippen LogP contribution in [0.15, 0.2) is 48.9 Å². The van der Waals surface area contributed by atoms with Crippen LogP contribution in [0.25, 0.3) is 17.1 Å². The first-order valence-corrected chi connectivity index (χ1v) is 14.6. The number of halogens is 4. The monoisotopic (exact) mass is 688 g/mol. The lowest BCUT2D eigenvalue weighted by molar-refractivity contribution is -0.142. The maximum absolute atomic E-state index is 14.0. The van der Waals surface area contributed by atoms with Gasteiger partial charge in [-0.05, 0) is 30.3 Å². The van der Waals surface area contributed by atoms with Gasteiger partial charge in [0.05, 0.1) is 52.4 Å². The molecule has 1 fully saturated rings. The van der Waals surface area contributed by atoms with Crippen LogP contribution in [0, 0.1) is 0 Å². The van der Waals surface area contributed by atoms with E-state index in [1.54, 1.807) is 0 Å². The third-order valence-electron chi connectivity index (χ3n) is 7.50. The van der Waals surface area contributed by atoms with Gasteiger partial charge in [0.15, 0.2) is 17.3 Å². The van der Waals surface area contributed by atoms with E-state index in [2.05, 4.69) is 20.4 Å². The summed E-state index contributed by atoms with van der Waals surface area (Å²) in [5.74, 6) is -3.03. The zero-order valence-corrected chi connectivity index (χ0v) is 25.9. The quantitative estimate of drug-likeness (QED) is 0.212. The number of carbonyl (C=O) groups is 4. The molecule has 0 saturated carbocycles. The van der Waals surface area contributed by atoms with E-state index in [1.165, 1.54) is 57.9 Å². The number of alkyl halides is 3. The number of nitrogen functional groups attached to an aromatic ring is 1. The average Bonchev–Trinajstić information content (AvgIpc) is 3.64. The molecule has 1 atom stereocenters. The molecule has 19 heteroatoms. The van der Waals surface area contributed by atoms with Crippen molar-refractivity contribution in [2.75, 3.05) is 37.2 Å². The number of anilines is 2. The van der Waals surface area contributed by atoms with Gasteiger partial charge in [0.1, 0.15) is 0 Å². The van der Waals surface area contributed by atoms with Crippen molar-refractivity contribution in [3.63, 3.8) is 0 Å². The van der Waals surface area contributed by atoms with Crippen molar-refractivity contribution in [3.8, 4) is 17.1 Å². The fourth-order valence-electron chi connectivity index (χ4n) is 5.06. The summed E-state index contributed by atoms with van der Waals surface area (Å²) in [6.45, 7) is 0.621. The Labute approximate surface area is 274 Å². The lowest BCUT2D eigenvalue weighted by Gasteiger charge is -2.36. The Morgan fingerprint density at radius 1 is 1.04 bits per heavy atom. The smallest absolute Gasteiger partial charge is 0.435 e. The third kappa shape index (κ3) is 7.08. The molecule has 0 aliphatic carbocycles. The molecule has 252 valence electrons. The molecule has 3 amide bonds. The van der Waals surface area contributed by atoms with Crippen molar-refractivity contribution < 1.29 is 37.5 Å². The number of hydrogen-bond donors (Lipinski definition) is 4. The molecule has 1 aromatic carbocycles. The molecule has 0 spiro atoms. The Morgan fingerprint density at radius 2 is 1.73 bits per heavy atom. The molecule has 15 nitrogen and oxygen atoms in total. The van der Waals surface area contributed by atoms with Crippen molar-refractivity contribution in [1.29, 1.82) is 0 Å². The zero-order chi connectivity index (χ0) is 34.9. The van der Waals surface area contributed by atoms with E-state index in [1.807, 2.05) is 0 Å². The first kappa shape index (κ1) is 33.9. The minimum absolute atomic E-state index is 0.0128. The topological polar surface area (TPSA) is 208 Å². The van der Waals surface area contributed by atoms with E-state index in [4.69, 9.17) is 28.2 Å². The van der Waals surface area contributed by atoms with E-state index in [-0.39, 0.29) is 65.4 Å². The number of benzene rings is 1. The second kappa shape index (κ2) is 13.3. The first-order valence-electron chi connectivity index (χ1n) is 14.2. The molecule has 6 N–H and O–H groups in total. The molecule has 0 unspecified atom stereocenters. The summed E-state index contributed by atoms with van der Waals surface area (Å²) in [4.78, 5) is 60.5. The second-order valence-corrected chi connectivity index (χ2v) is 11.2. The summed E-state index contributed by atoms with van der Waals surface area (Å²) in [7, 11) is 1.37. The minimum atomic E-state index is -4.84. The molecule has 0 bridgehead atoms. The zero-order valence-electron chi connectivity index (χ0n) is 25.1. The number of carboxylic acid groups (broad SMARTS) is 1. The predicted octanol–water partition coefficient (Wildman–Crippen LogP) is 2.26. The van der Waals surface area contributed by atoms with Crippen molar-refractivity contribution >= 4 is 46.7 Å². The highest BCUT2D eigenvalue weighted by atomic mass is 35.5. The third-order valence-corrected chi connectivity index (χ3v) is 7.82. The van der Waals surface area contributed by atoms with E-state index < -0.39 is 48.0 Å². The molecule has 5 rings (SSSR count). The van der Waals surface area contributed by atoms with Crippen molar-refractivity contribution in [2.24, 2.45) is 12.8 Å². The summed E-state index contributed by atoms with van der Waals surface area (Å²) < 4.78 is 44.0. The van der Waals surface area contributed by atoms with Gasteiger partial charge in [-0.3, -0.25) is 19.2 Å². The van der Waals surface area contributed by atoms with E-state index >= 15 is 0 Å². The lowest BCUT2D eigenvalue weighted by atomic mass is 10.1. The summed E-state index contributed by atoms with van der Waals surface area (Å²) in [6.07, 6.45) is -1.82. The summed E-state index contributed by atoms with van der Waals surface area (Å²) >= 11 is 6.39. The SMILES string of the molecule is Cn1c(-c2cn(-c3ccc(N)cn3)nc2C(F)(F)F)cnc1C(=O)Nc1ccc(C(=O)N2CCN(C(=O)[C@@H](N)CC(=O)O)CC2)c(Cl)c1. The van der Waals surface area contributed by atoms with Crippen molar-refractivity contribution in [3.05, 3.63) is 71.0 Å². The van der Waals surface area contributed by atoms with Crippen molar-refractivity contribution in [2.45, 2.75) is 18.6 Å². The molecule has 1 saturated heterocycles. The number of carbonyl (C=O) groups excluding carboxylic acids is 3. The van der Waals surface area contributed by atoms with Gasteiger partial charge in [-0.1, -0.05) is 11.6 Å². The van der Waals surface area contributed by atoms with Gasteiger partial charge in [0, 0.05) is 45.1 Å². The van der Waals surface area contributed by atoms with E-state index in [9.17, 15) is 32.3 Å². The Bertz CT molecular complexity index is 1880. The summed E-state index contributed by atoms with van der Waals surface area (Å²) in [5.41, 5.74) is 10.3. The number of aliphatic carboxylic acids is 1. The van der Waals surface area contributed by atoms with Crippen LogP contribution < -0.4 is 16.8 Å². The number of amides is 3. The van der Waals surface area contributed by atoms with E-state index in [0.717, 1.165) is 17.1 Å². The lowest BCUT2D eigenvalue weighted by Crippen LogP contribution is -2.54. The van der Waals surface area contributed by atoms with Crippen LogP contribution in [-0.4, -0.2) is 95.1 Å². The molecule has 3 aromatic heterocycles. The molecule has 0 radical (unpaired) electrons. The highest BCUT2D eigenvalue weighted by Crippen LogP contribution is 2.37. The van der Waals surface area contributed by atoms with Gasteiger partial charge in [0.2, 0.25) is 5.91 Å². The van der Waals surface area contributed by atoms with Gasteiger partial charge in [-0.2, -0.15) is 18.3 Å². The van der Waals surface area contributed by atoms with Crippen LogP contribution in [-0.2, 0) is 22.8 Å². The summed E-state index contributed by atoms with van der Waals surface area (Å²) in [5, 5.41) is 15.1. The molecule has 1 aliphatic heterocycles. The Kier molecular flexibility index (Phi) is 9.40. The maximum Gasteiger partial charge on any atom is 0.435 e. The molecular formula is C29H28ClF3N10O5. The minimum Gasteiger partial charge on any atom is -0.481 e. The molecule has 48 heavy (non-hydrogen) atoms. The Morgan fingerprint density at radius 3 is 2.33 bits per heavy atom.